The summed E-state index contributed by atoms with van der Waals surface area (Å²) in [5, 5.41) is 0. The predicted octanol–water partition coefficient (Wildman–Crippen LogP) is 1.95. The van der Waals surface area contributed by atoms with Crippen molar-refractivity contribution < 1.29 is 23.9 Å². The van der Waals surface area contributed by atoms with Gasteiger partial charge in [0.1, 0.15) is 0 Å². The van der Waals surface area contributed by atoms with Gasteiger partial charge in [-0.15, -0.1) is 0 Å². The fourth-order valence-electron chi connectivity index (χ4n) is 0.202. The van der Waals surface area contributed by atoms with Crippen molar-refractivity contribution in [1.82, 2.24) is 0 Å². The second-order valence-corrected chi connectivity index (χ2v) is 4.26. The number of carbonyl (C=O) groups excluding carboxylic acids is 4. The van der Waals surface area contributed by atoms with Gasteiger partial charge >= 0.3 is 11.9 Å². The molecule has 0 aliphatic rings. The van der Waals surface area contributed by atoms with E-state index < -0.39 is 11.9 Å². The molecule has 0 aliphatic carbocycles. The molecule has 0 saturated heterocycles. The van der Waals surface area contributed by atoms with E-state index in [-0.39, 0.29) is 9.39 Å². The molecule has 0 fully saturated rings. The molecular formula is C8H12Br2O5. The average molecular weight is 348 g/mol. The SMILES string of the molecule is CC(=O)Br.CC(=O)Br.CC(=O)OC(C)=O. The molecule has 0 heterocycles. The van der Waals surface area contributed by atoms with Crippen molar-refractivity contribution >= 4 is 53.2 Å². The second-order valence-electron chi connectivity index (χ2n) is 2.03. The van der Waals surface area contributed by atoms with Crippen LogP contribution >= 0.6 is 31.9 Å². The van der Waals surface area contributed by atoms with Gasteiger partial charge in [0.2, 0.25) is 0 Å². The van der Waals surface area contributed by atoms with Crippen LogP contribution in [0.1, 0.15) is 27.7 Å². The van der Waals surface area contributed by atoms with Crippen LogP contribution in [-0.4, -0.2) is 21.3 Å². The molecule has 7 heteroatoms. The van der Waals surface area contributed by atoms with Crippen molar-refractivity contribution in [3.05, 3.63) is 0 Å². The lowest BCUT2D eigenvalue weighted by Gasteiger charge is -1.87. The molecular weight excluding hydrogens is 336 g/mol. The van der Waals surface area contributed by atoms with Crippen LogP contribution in [-0.2, 0) is 23.9 Å². The number of hydrogen-bond donors (Lipinski definition) is 0. The fraction of sp³-hybridized carbons (Fsp3) is 0.500. The smallest absolute Gasteiger partial charge is 0.310 e. The molecule has 0 radical (unpaired) electrons. The summed E-state index contributed by atoms with van der Waals surface area (Å²) in [5.41, 5.74) is 0. The zero-order chi connectivity index (χ0) is 13.0. The highest BCUT2D eigenvalue weighted by Gasteiger charge is 1.93. The van der Waals surface area contributed by atoms with Crippen LogP contribution in [0.2, 0.25) is 0 Å². The van der Waals surface area contributed by atoms with Crippen molar-refractivity contribution in [1.29, 1.82) is 0 Å². The van der Waals surface area contributed by atoms with E-state index in [9.17, 15) is 19.2 Å². The van der Waals surface area contributed by atoms with Gasteiger partial charge in [-0.3, -0.25) is 19.2 Å². The van der Waals surface area contributed by atoms with Gasteiger partial charge in [0.05, 0.1) is 0 Å². The molecule has 15 heavy (non-hydrogen) atoms. The molecule has 0 N–H and O–H groups in total. The normalized spacial score (nSPS) is 7.07. The molecule has 0 aromatic heterocycles. The largest absolute Gasteiger partial charge is 0.394 e. The molecule has 0 rings (SSSR count). The molecule has 5 nitrogen and oxygen atoms in total. The van der Waals surface area contributed by atoms with Gasteiger partial charge in [0.15, 0.2) is 9.39 Å². The summed E-state index contributed by atoms with van der Waals surface area (Å²) in [7, 11) is 0. The van der Waals surface area contributed by atoms with Crippen LogP contribution in [0, 0.1) is 0 Å². The van der Waals surface area contributed by atoms with Crippen LogP contribution in [0.4, 0.5) is 0 Å². The zero-order valence-corrected chi connectivity index (χ0v) is 12.0. The fourth-order valence-corrected chi connectivity index (χ4v) is 0.202. The highest BCUT2D eigenvalue weighted by atomic mass is 79.9. The summed E-state index contributed by atoms with van der Waals surface area (Å²) < 4.78 is 3.93. The van der Waals surface area contributed by atoms with E-state index in [1.54, 1.807) is 0 Å². The van der Waals surface area contributed by atoms with Gasteiger partial charge in [-0.1, -0.05) is 0 Å². The third kappa shape index (κ3) is 149. The van der Waals surface area contributed by atoms with E-state index in [4.69, 9.17) is 0 Å². The standard InChI is InChI=1S/C4H6O3.2C2H3BrO/c1-3(5)7-4(2)6;2*1-2(3)4/h1-2H3;2*1H3. The highest BCUT2D eigenvalue weighted by molar-refractivity contribution is 9.18. The van der Waals surface area contributed by atoms with Crippen molar-refractivity contribution in [2.75, 3.05) is 0 Å². The molecule has 0 aromatic rings. The molecule has 0 aromatic carbocycles. The van der Waals surface area contributed by atoms with Crippen LogP contribution in [0.25, 0.3) is 0 Å². The summed E-state index contributed by atoms with van der Waals surface area (Å²) >= 11 is 5.26. The molecule has 0 aliphatic heterocycles. The van der Waals surface area contributed by atoms with E-state index in [1.807, 2.05) is 0 Å². The third-order valence-corrected chi connectivity index (χ3v) is 0.287. The number of esters is 2. The molecule has 0 unspecified atom stereocenters. The number of rotatable bonds is 0. The Labute approximate surface area is 105 Å². The highest BCUT2D eigenvalue weighted by Crippen LogP contribution is 1.74. The first kappa shape index (κ1) is 19.9. The second kappa shape index (κ2) is 13.4. The number of carbonyl (C=O) groups is 4. The first-order chi connectivity index (χ1) is 6.59. The maximum Gasteiger partial charge on any atom is 0.310 e. The van der Waals surface area contributed by atoms with Gasteiger partial charge in [-0.25, -0.2) is 0 Å². The van der Waals surface area contributed by atoms with E-state index >= 15 is 0 Å². The van der Waals surface area contributed by atoms with Gasteiger partial charge in [0.25, 0.3) is 0 Å². The Balaban J connectivity index is -0.000000155. The Morgan fingerprint density at radius 3 is 0.867 bits per heavy atom. The first-order valence-corrected chi connectivity index (χ1v) is 5.19. The monoisotopic (exact) mass is 346 g/mol. The minimum atomic E-state index is -0.562. The Morgan fingerprint density at radius 2 is 0.867 bits per heavy atom. The van der Waals surface area contributed by atoms with E-state index in [2.05, 4.69) is 36.6 Å². The van der Waals surface area contributed by atoms with Crippen molar-refractivity contribution in [2.45, 2.75) is 27.7 Å². The lowest BCUT2D eigenvalue weighted by atomic mass is 10.7. The summed E-state index contributed by atoms with van der Waals surface area (Å²) in [6.07, 6.45) is 0. The molecule has 0 saturated carbocycles. The molecule has 0 amide bonds. The van der Waals surface area contributed by atoms with E-state index in [0.717, 1.165) is 0 Å². The molecule has 0 spiro atoms. The first-order valence-electron chi connectivity index (χ1n) is 3.60. The molecule has 0 bridgehead atoms. The van der Waals surface area contributed by atoms with Crippen LogP contribution in [0.3, 0.4) is 0 Å². The average Bonchev–Trinajstić information content (AvgIpc) is 1.78. The van der Waals surface area contributed by atoms with Crippen molar-refractivity contribution in [3.8, 4) is 0 Å². The Hall–Kier alpha value is -0.560. The Morgan fingerprint density at radius 1 is 0.733 bits per heavy atom. The van der Waals surface area contributed by atoms with Crippen molar-refractivity contribution in [3.63, 3.8) is 0 Å². The van der Waals surface area contributed by atoms with Gasteiger partial charge < -0.3 is 4.74 Å². The maximum absolute atomic E-state index is 9.81. The third-order valence-electron chi connectivity index (χ3n) is 0.287. The van der Waals surface area contributed by atoms with Crippen LogP contribution in [0.15, 0.2) is 0 Å². The molecule has 88 valence electrons. The lowest BCUT2D eigenvalue weighted by molar-refractivity contribution is -0.156. The lowest BCUT2D eigenvalue weighted by Crippen LogP contribution is -2.03. The number of halogens is 2. The quantitative estimate of drug-likeness (QED) is 0.380. The zero-order valence-electron chi connectivity index (χ0n) is 8.80. The van der Waals surface area contributed by atoms with Crippen LogP contribution < -0.4 is 0 Å². The summed E-state index contributed by atoms with van der Waals surface area (Å²) in [5.74, 6) is -1.12. The minimum Gasteiger partial charge on any atom is -0.394 e. The van der Waals surface area contributed by atoms with E-state index in [0.29, 0.717) is 0 Å². The molecule has 0 atom stereocenters. The summed E-state index contributed by atoms with van der Waals surface area (Å²) in [6, 6.07) is 0. The number of ether oxygens (including phenoxy) is 1. The Bertz CT molecular complexity index is 205. The number of hydrogen-bond acceptors (Lipinski definition) is 5. The Kier molecular flexibility index (Phi) is 17.9. The minimum absolute atomic E-state index is 0.0208. The maximum atomic E-state index is 9.81. The summed E-state index contributed by atoms with van der Waals surface area (Å²) in [6.45, 7) is 5.25. The van der Waals surface area contributed by atoms with Crippen molar-refractivity contribution in [2.24, 2.45) is 0 Å². The topological polar surface area (TPSA) is 77.5 Å². The van der Waals surface area contributed by atoms with Gasteiger partial charge in [-0.05, 0) is 31.9 Å². The van der Waals surface area contributed by atoms with Crippen LogP contribution in [0.5, 0.6) is 0 Å². The predicted molar refractivity (Wildman–Crippen MR) is 61.7 cm³/mol. The van der Waals surface area contributed by atoms with Gasteiger partial charge in [-0.2, -0.15) is 0 Å². The van der Waals surface area contributed by atoms with Gasteiger partial charge in [0, 0.05) is 27.7 Å². The summed E-state index contributed by atoms with van der Waals surface area (Å²) in [4.78, 5) is 38.3. The van der Waals surface area contributed by atoms with E-state index in [1.165, 1.54) is 27.7 Å².